The molecule has 0 aliphatic carbocycles. The fraction of sp³-hybridized carbons (Fsp3) is 0.143. The lowest BCUT2D eigenvalue weighted by Gasteiger charge is -1.97. The molecule has 0 spiro atoms. The third-order valence-electron chi connectivity index (χ3n) is 1.69. The second kappa shape index (κ2) is 3.02. The number of hydrogen-bond acceptors (Lipinski definition) is 4. The molecule has 2 aromatic rings. The number of rotatable bonds is 1. The van der Waals surface area contributed by atoms with Gasteiger partial charge in [-0.05, 0) is 6.92 Å². The minimum absolute atomic E-state index is 0.0340. The van der Waals surface area contributed by atoms with Crippen molar-refractivity contribution in [2.24, 2.45) is 0 Å². The molecule has 0 saturated carbocycles. The Morgan fingerprint density at radius 1 is 1.50 bits per heavy atom. The molecule has 0 aromatic carbocycles. The van der Waals surface area contributed by atoms with Crippen molar-refractivity contribution in [2.75, 3.05) is 0 Å². The molecule has 0 aliphatic rings. The van der Waals surface area contributed by atoms with Crippen LogP contribution in [0, 0.1) is 12.7 Å². The molecule has 2 heterocycles. The van der Waals surface area contributed by atoms with Gasteiger partial charge in [0, 0.05) is 0 Å². The summed E-state index contributed by atoms with van der Waals surface area (Å²) >= 11 is 0. The standard InChI is InChI=1S/C7H6FN5O/c1-3-5(8)7(14)11-6(10-3)4-2-9-13-12-4/h2H,1H3,(H,9,12,13)(H,10,11,14). The van der Waals surface area contributed by atoms with Gasteiger partial charge in [-0.1, -0.05) is 0 Å². The molecule has 0 amide bonds. The topological polar surface area (TPSA) is 87.3 Å². The normalized spacial score (nSPS) is 10.4. The van der Waals surface area contributed by atoms with E-state index < -0.39 is 11.4 Å². The number of aryl methyl sites for hydroxylation is 1. The molecular formula is C7H6FN5O. The van der Waals surface area contributed by atoms with Crippen LogP contribution in [0.4, 0.5) is 4.39 Å². The zero-order chi connectivity index (χ0) is 10.1. The smallest absolute Gasteiger partial charge is 0.287 e. The largest absolute Gasteiger partial charge is 0.303 e. The third kappa shape index (κ3) is 1.28. The van der Waals surface area contributed by atoms with Crippen LogP contribution in [0.3, 0.4) is 0 Å². The lowest BCUT2D eigenvalue weighted by Crippen LogP contribution is -2.15. The number of hydrogen-bond donors (Lipinski definition) is 2. The molecular weight excluding hydrogens is 189 g/mol. The average molecular weight is 195 g/mol. The molecule has 7 heteroatoms. The van der Waals surface area contributed by atoms with E-state index in [-0.39, 0.29) is 11.5 Å². The number of halogens is 1. The first-order valence-electron chi connectivity index (χ1n) is 3.81. The Morgan fingerprint density at radius 3 is 2.86 bits per heavy atom. The molecule has 0 saturated heterocycles. The van der Waals surface area contributed by atoms with Crippen molar-refractivity contribution in [1.29, 1.82) is 0 Å². The van der Waals surface area contributed by atoms with Crippen molar-refractivity contribution in [1.82, 2.24) is 25.4 Å². The van der Waals surface area contributed by atoms with E-state index in [2.05, 4.69) is 25.4 Å². The van der Waals surface area contributed by atoms with E-state index in [1.807, 2.05) is 0 Å². The molecule has 0 fully saturated rings. The summed E-state index contributed by atoms with van der Waals surface area (Å²) in [5.41, 5.74) is -0.410. The van der Waals surface area contributed by atoms with Gasteiger partial charge in [-0.3, -0.25) is 4.79 Å². The van der Waals surface area contributed by atoms with Crippen molar-refractivity contribution in [3.63, 3.8) is 0 Å². The van der Waals surface area contributed by atoms with E-state index in [0.717, 1.165) is 0 Å². The summed E-state index contributed by atoms with van der Waals surface area (Å²) in [7, 11) is 0. The summed E-state index contributed by atoms with van der Waals surface area (Å²) in [5.74, 6) is -0.681. The Labute approximate surface area is 77.2 Å². The fourth-order valence-electron chi connectivity index (χ4n) is 1.01. The number of nitrogens with one attached hydrogen (secondary N) is 2. The van der Waals surface area contributed by atoms with Crippen molar-refractivity contribution < 1.29 is 4.39 Å². The molecule has 72 valence electrons. The number of aromatic amines is 2. The summed E-state index contributed by atoms with van der Waals surface area (Å²) < 4.78 is 12.9. The van der Waals surface area contributed by atoms with Crippen LogP contribution < -0.4 is 5.56 Å². The Morgan fingerprint density at radius 2 is 2.29 bits per heavy atom. The van der Waals surface area contributed by atoms with Gasteiger partial charge in [0.2, 0.25) is 5.82 Å². The predicted octanol–water partition coefficient (Wildman–Crippen LogP) is 0.00252. The van der Waals surface area contributed by atoms with E-state index in [1.165, 1.54) is 13.1 Å². The summed E-state index contributed by atoms with van der Waals surface area (Å²) in [6.07, 6.45) is 1.38. The van der Waals surface area contributed by atoms with Crippen LogP contribution in [0.15, 0.2) is 11.0 Å². The monoisotopic (exact) mass is 195 g/mol. The maximum absolute atomic E-state index is 12.9. The Kier molecular flexibility index (Phi) is 1.84. The summed E-state index contributed by atoms with van der Waals surface area (Å²) in [5, 5.41) is 9.62. The van der Waals surface area contributed by atoms with Crippen molar-refractivity contribution >= 4 is 0 Å². The predicted molar refractivity (Wildman–Crippen MR) is 44.9 cm³/mol. The highest BCUT2D eigenvalue weighted by atomic mass is 19.1. The van der Waals surface area contributed by atoms with Gasteiger partial charge in [0.1, 0.15) is 5.69 Å². The van der Waals surface area contributed by atoms with Gasteiger partial charge in [0.25, 0.3) is 5.56 Å². The third-order valence-corrected chi connectivity index (χ3v) is 1.69. The van der Waals surface area contributed by atoms with Crippen LogP contribution in [0.2, 0.25) is 0 Å². The molecule has 0 unspecified atom stereocenters. The Balaban J connectivity index is 2.63. The molecule has 14 heavy (non-hydrogen) atoms. The molecule has 0 atom stereocenters. The van der Waals surface area contributed by atoms with Gasteiger partial charge in [-0.2, -0.15) is 19.8 Å². The van der Waals surface area contributed by atoms with Gasteiger partial charge in [-0.25, -0.2) is 4.98 Å². The van der Waals surface area contributed by atoms with Crippen LogP contribution in [-0.4, -0.2) is 25.4 Å². The molecule has 0 aliphatic heterocycles. The zero-order valence-electron chi connectivity index (χ0n) is 7.21. The second-order valence-electron chi connectivity index (χ2n) is 2.67. The minimum atomic E-state index is -0.878. The number of H-pyrrole nitrogens is 2. The van der Waals surface area contributed by atoms with E-state index in [1.54, 1.807) is 0 Å². The summed E-state index contributed by atoms with van der Waals surface area (Å²) in [6.45, 7) is 1.41. The Bertz CT molecular complexity index is 503. The van der Waals surface area contributed by atoms with Crippen LogP contribution in [0.25, 0.3) is 11.5 Å². The number of nitrogens with zero attached hydrogens (tertiary/aromatic N) is 3. The van der Waals surface area contributed by atoms with Crippen LogP contribution in [0.5, 0.6) is 0 Å². The Hall–Kier alpha value is -2.05. The average Bonchev–Trinajstić information content (AvgIpc) is 2.66. The van der Waals surface area contributed by atoms with E-state index in [4.69, 9.17) is 0 Å². The van der Waals surface area contributed by atoms with Crippen molar-refractivity contribution in [3.8, 4) is 11.5 Å². The lowest BCUT2D eigenvalue weighted by atomic mass is 10.4. The van der Waals surface area contributed by atoms with Gasteiger partial charge in [-0.15, -0.1) is 0 Å². The molecule has 0 bridgehead atoms. The van der Waals surface area contributed by atoms with Crippen LogP contribution in [0.1, 0.15) is 5.69 Å². The molecule has 0 radical (unpaired) electrons. The fourth-order valence-corrected chi connectivity index (χ4v) is 1.01. The minimum Gasteiger partial charge on any atom is -0.303 e. The summed E-state index contributed by atoms with van der Waals surface area (Å²) in [4.78, 5) is 17.1. The highest BCUT2D eigenvalue weighted by Crippen LogP contribution is 2.07. The van der Waals surface area contributed by atoms with Gasteiger partial charge in [0.15, 0.2) is 5.82 Å². The van der Waals surface area contributed by atoms with E-state index in [0.29, 0.717) is 5.69 Å². The molecule has 2 rings (SSSR count). The number of aromatic nitrogens is 5. The van der Waals surface area contributed by atoms with Crippen molar-refractivity contribution in [2.45, 2.75) is 6.92 Å². The molecule has 2 N–H and O–H groups in total. The van der Waals surface area contributed by atoms with Gasteiger partial charge >= 0.3 is 0 Å². The van der Waals surface area contributed by atoms with Crippen molar-refractivity contribution in [3.05, 3.63) is 28.1 Å². The molecule has 2 aromatic heterocycles. The highest BCUT2D eigenvalue weighted by molar-refractivity contribution is 5.45. The maximum atomic E-state index is 12.9. The molecule has 6 nitrogen and oxygen atoms in total. The lowest BCUT2D eigenvalue weighted by molar-refractivity contribution is 0.589. The van der Waals surface area contributed by atoms with Gasteiger partial charge < -0.3 is 4.98 Å². The first-order valence-corrected chi connectivity index (χ1v) is 3.81. The highest BCUT2D eigenvalue weighted by Gasteiger charge is 2.09. The SMILES string of the molecule is Cc1nc(-c2cn[nH]n2)[nH]c(=O)c1F. The zero-order valence-corrected chi connectivity index (χ0v) is 7.21. The first-order chi connectivity index (χ1) is 6.68. The van der Waals surface area contributed by atoms with Crippen LogP contribution in [-0.2, 0) is 0 Å². The quantitative estimate of drug-likeness (QED) is 0.670. The second-order valence-corrected chi connectivity index (χ2v) is 2.67. The first kappa shape index (κ1) is 8.54. The van der Waals surface area contributed by atoms with E-state index in [9.17, 15) is 9.18 Å². The van der Waals surface area contributed by atoms with Crippen LogP contribution >= 0.6 is 0 Å². The summed E-state index contributed by atoms with van der Waals surface area (Å²) in [6, 6.07) is 0. The van der Waals surface area contributed by atoms with E-state index >= 15 is 0 Å². The maximum Gasteiger partial charge on any atom is 0.287 e. The van der Waals surface area contributed by atoms with Gasteiger partial charge in [0.05, 0.1) is 11.9 Å².